The largest absolute Gasteiger partial charge is 0.478 e. The van der Waals surface area contributed by atoms with Crippen molar-refractivity contribution in [3.05, 3.63) is 35.4 Å². The van der Waals surface area contributed by atoms with Gasteiger partial charge in [0.25, 0.3) is 0 Å². The van der Waals surface area contributed by atoms with Crippen molar-refractivity contribution in [1.29, 1.82) is 0 Å². The standard InChI is InChI=1S/C15H20N2O3/c1-10-8-16-9-13(10)14(18)17-7-6-11-4-2-3-5-12(11)15(19)20/h2-5,10,13,16H,6-9H2,1H3,(H,17,18)(H,19,20). The molecule has 1 saturated heterocycles. The smallest absolute Gasteiger partial charge is 0.335 e. The molecule has 108 valence electrons. The van der Waals surface area contributed by atoms with Crippen molar-refractivity contribution in [1.82, 2.24) is 10.6 Å². The lowest BCUT2D eigenvalue weighted by Gasteiger charge is -2.14. The SMILES string of the molecule is CC1CNCC1C(=O)NCCc1ccccc1C(=O)O. The van der Waals surface area contributed by atoms with E-state index in [-0.39, 0.29) is 11.8 Å². The summed E-state index contributed by atoms with van der Waals surface area (Å²) in [7, 11) is 0. The first-order valence-electron chi connectivity index (χ1n) is 6.89. The van der Waals surface area contributed by atoms with Gasteiger partial charge in [-0.3, -0.25) is 4.79 Å². The summed E-state index contributed by atoms with van der Waals surface area (Å²) in [5, 5.41) is 15.2. The van der Waals surface area contributed by atoms with Crippen LogP contribution in [0.25, 0.3) is 0 Å². The van der Waals surface area contributed by atoms with E-state index in [1.54, 1.807) is 18.2 Å². The molecule has 1 aromatic carbocycles. The zero-order valence-corrected chi connectivity index (χ0v) is 11.6. The number of rotatable bonds is 5. The molecule has 5 nitrogen and oxygen atoms in total. The van der Waals surface area contributed by atoms with Gasteiger partial charge in [0, 0.05) is 13.1 Å². The van der Waals surface area contributed by atoms with Gasteiger partial charge in [-0.05, 0) is 30.5 Å². The number of carboxylic acid groups (broad SMARTS) is 1. The Kier molecular flexibility index (Phi) is 4.74. The van der Waals surface area contributed by atoms with Gasteiger partial charge in [0.1, 0.15) is 0 Å². The molecule has 5 heteroatoms. The first-order chi connectivity index (χ1) is 9.59. The number of carbonyl (C=O) groups is 2. The minimum Gasteiger partial charge on any atom is -0.478 e. The lowest BCUT2D eigenvalue weighted by Crippen LogP contribution is -2.35. The summed E-state index contributed by atoms with van der Waals surface area (Å²) in [5.74, 6) is -0.512. The topological polar surface area (TPSA) is 78.4 Å². The van der Waals surface area contributed by atoms with Gasteiger partial charge in [0.05, 0.1) is 11.5 Å². The molecule has 0 bridgehead atoms. The zero-order chi connectivity index (χ0) is 14.5. The van der Waals surface area contributed by atoms with Gasteiger partial charge in [-0.15, -0.1) is 0 Å². The van der Waals surface area contributed by atoms with Crippen LogP contribution in [0.3, 0.4) is 0 Å². The van der Waals surface area contributed by atoms with Crippen LogP contribution in [-0.4, -0.2) is 36.6 Å². The molecule has 20 heavy (non-hydrogen) atoms. The Hall–Kier alpha value is -1.88. The Morgan fingerprint density at radius 2 is 2.10 bits per heavy atom. The quantitative estimate of drug-likeness (QED) is 0.746. The molecule has 2 rings (SSSR count). The average molecular weight is 276 g/mol. The molecule has 0 aliphatic carbocycles. The third-order valence-electron chi connectivity index (χ3n) is 3.80. The highest BCUT2D eigenvalue weighted by Gasteiger charge is 2.29. The molecule has 0 radical (unpaired) electrons. The highest BCUT2D eigenvalue weighted by molar-refractivity contribution is 5.89. The molecule has 1 aliphatic rings. The van der Waals surface area contributed by atoms with Gasteiger partial charge in [-0.2, -0.15) is 0 Å². The van der Waals surface area contributed by atoms with E-state index >= 15 is 0 Å². The number of nitrogens with one attached hydrogen (secondary N) is 2. The predicted octanol–water partition coefficient (Wildman–Crippen LogP) is 0.899. The van der Waals surface area contributed by atoms with Crippen LogP contribution in [0.15, 0.2) is 24.3 Å². The van der Waals surface area contributed by atoms with Gasteiger partial charge in [0.15, 0.2) is 0 Å². The molecule has 2 atom stereocenters. The minimum atomic E-state index is -0.930. The molecule has 3 N–H and O–H groups in total. The van der Waals surface area contributed by atoms with E-state index in [2.05, 4.69) is 17.6 Å². The van der Waals surface area contributed by atoms with Crippen molar-refractivity contribution in [2.75, 3.05) is 19.6 Å². The van der Waals surface area contributed by atoms with Crippen molar-refractivity contribution in [2.45, 2.75) is 13.3 Å². The van der Waals surface area contributed by atoms with Crippen LogP contribution in [-0.2, 0) is 11.2 Å². The van der Waals surface area contributed by atoms with Crippen molar-refractivity contribution in [3.8, 4) is 0 Å². The lowest BCUT2D eigenvalue weighted by atomic mass is 9.97. The van der Waals surface area contributed by atoms with Crippen molar-refractivity contribution in [3.63, 3.8) is 0 Å². The molecule has 0 spiro atoms. The van der Waals surface area contributed by atoms with E-state index in [1.807, 2.05) is 6.07 Å². The molecule has 1 aromatic rings. The second kappa shape index (κ2) is 6.52. The molecular weight excluding hydrogens is 256 g/mol. The normalized spacial score (nSPS) is 21.6. The van der Waals surface area contributed by atoms with Crippen LogP contribution < -0.4 is 10.6 Å². The summed E-state index contributed by atoms with van der Waals surface area (Å²) in [5.41, 5.74) is 1.05. The Morgan fingerprint density at radius 3 is 2.75 bits per heavy atom. The van der Waals surface area contributed by atoms with E-state index in [4.69, 9.17) is 5.11 Å². The maximum Gasteiger partial charge on any atom is 0.335 e. The molecule has 1 amide bonds. The third-order valence-corrected chi connectivity index (χ3v) is 3.80. The first-order valence-corrected chi connectivity index (χ1v) is 6.89. The number of hydrogen-bond donors (Lipinski definition) is 3. The summed E-state index contributed by atoms with van der Waals surface area (Å²) < 4.78 is 0. The van der Waals surface area contributed by atoms with E-state index in [1.165, 1.54) is 0 Å². The van der Waals surface area contributed by atoms with Crippen LogP contribution in [0.5, 0.6) is 0 Å². The number of carbonyl (C=O) groups excluding carboxylic acids is 1. The van der Waals surface area contributed by atoms with Crippen LogP contribution in [0.1, 0.15) is 22.8 Å². The van der Waals surface area contributed by atoms with E-state index in [0.717, 1.165) is 18.7 Å². The lowest BCUT2D eigenvalue weighted by molar-refractivity contribution is -0.125. The van der Waals surface area contributed by atoms with Gasteiger partial charge >= 0.3 is 5.97 Å². The first kappa shape index (κ1) is 14.5. The van der Waals surface area contributed by atoms with Crippen LogP contribution >= 0.6 is 0 Å². The van der Waals surface area contributed by atoms with E-state index in [9.17, 15) is 9.59 Å². The fourth-order valence-electron chi connectivity index (χ4n) is 2.56. The highest BCUT2D eigenvalue weighted by Crippen LogP contribution is 2.15. The van der Waals surface area contributed by atoms with Crippen molar-refractivity contribution < 1.29 is 14.7 Å². The van der Waals surface area contributed by atoms with Gasteiger partial charge in [-0.25, -0.2) is 4.79 Å². The second-order valence-corrected chi connectivity index (χ2v) is 5.25. The maximum atomic E-state index is 12.0. The fraction of sp³-hybridized carbons (Fsp3) is 0.467. The molecule has 1 aliphatic heterocycles. The van der Waals surface area contributed by atoms with Gasteiger partial charge in [-0.1, -0.05) is 25.1 Å². The van der Waals surface area contributed by atoms with Gasteiger partial charge < -0.3 is 15.7 Å². The zero-order valence-electron chi connectivity index (χ0n) is 11.6. The summed E-state index contributed by atoms with van der Waals surface area (Å²) in [4.78, 5) is 23.1. The molecular formula is C15H20N2O3. The summed E-state index contributed by atoms with van der Waals surface area (Å²) >= 11 is 0. The average Bonchev–Trinajstić information content (AvgIpc) is 2.85. The maximum absolute atomic E-state index is 12.0. The summed E-state index contributed by atoms with van der Waals surface area (Å²) in [6.45, 7) is 4.12. The fourth-order valence-corrected chi connectivity index (χ4v) is 2.56. The van der Waals surface area contributed by atoms with Crippen molar-refractivity contribution >= 4 is 11.9 Å². The predicted molar refractivity (Wildman–Crippen MR) is 75.6 cm³/mol. The molecule has 1 fully saturated rings. The molecule has 0 aromatic heterocycles. The van der Waals surface area contributed by atoms with Gasteiger partial charge in [0.2, 0.25) is 5.91 Å². The highest BCUT2D eigenvalue weighted by atomic mass is 16.4. The number of benzene rings is 1. The Bertz CT molecular complexity index is 502. The molecule has 0 saturated carbocycles. The summed E-state index contributed by atoms with van der Waals surface area (Å²) in [6, 6.07) is 6.89. The Labute approximate surface area is 118 Å². The number of amides is 1. The van der Waals surface area contributed by atoms with Crippen LogP contribution in [0, 0.1) is 11.8 Å². The monoisotopic (exact) mass is 276 g/mol. The molecule has 2 unspecified atom stereocenters. The third kappa shape index (κ3) is 3.36. The Balaban J connectivity index is 1.87. The number of carboxylic acids is 1. The van der Waals surface area contributed by atoms with E-state index < -0.39 is 5.97 Å². The van der Waals surface area contributed by atoms with Crippen LogP contribution in [0.4, 0.5) is 0 Å². The summed E-state index contributed by atoms with van der Waals surface area (Å²) in [6.07, 6.45) is 0.530. The number of hydrogen-bond acceptors (Lipinski definition) is 3. The molecule has 1 heterocycles. The van der Waals surface area contributed by atoms with Crippen LogP contribution in [0.2, 0.25) is 0 Å². The van der Waals surface area contributed by atoms with E-state index in [0.29, 0.717) is 24.4 Å². The Morgan fingerprint density at radius 1 is 1.35 bits per heavy atom. The van der Waals surface area contributed by atoms with Crippen molar-refractivity contribution in [2.24, 2.45) is 11.8 Å². The second-order valence-electron chi connectivity index (χ2n) is 5.25. The number of aromatic carboxylic acids is 1. The minimum absolute atomic E-state index is 0.0183.